The average Bonchev–Trinajstić information content (AvgIpc) is 3.01. The van der Waals surface area contributed by atoms with Crippen molar-refractivity contribution in [2.75, 3.05) is 0 Å². The van der Waals surface area contributed by atoms with Crippen molar-refractivity contribution in [1.82, 2.24) is 0 Å². The predicted molar refractivity (Wildman–Crippen MR) is 110 cm³/mol. The molecule has 0 aliphatic carbocycles. The summed E-state index contributed by atoms with van der Waals surface area (Å²) in [7, 11) is 0. The van der Waals surface area contributed by atoms with Gasteiger partial charge in [-0.15, -0.1) is 11.3 Å². The fourth-order valence-electron chi connectivity index (χ4n) is 3.24. The lowest BCUT2D eigenvalue weighted by Gasteiger charge is -2.06. The summed E-state index contributed by atoms with van der Waals surface area (Å²) in [5.41, 5.74) is 7.88. The highest BCUT2D eigenvalue weighted by Gasteiger charge is 2.18. The zero-order chi connectivity index (χ0) is 17.2. The van der Waals surface area contributed by atoms with Gasteiger partial charge in [-0.25, -0.2) is 0 Å². The second kappa shape index (κ2) is 6.70. The summed E-state index contributed by atoms with van der Waals surface area (Å²) < 4.78 is 0. The molecule has 0 saturated carbocycles. The molecule has 0 radical (unpaired) electrons. The van der Waals surface area contributed by atoms with E-state index in [1.54, 1.807) is 0 Å². The van der Waals surface area contributed by atoms with Gasteiger partial charge >= 0.3 is 0 Å². The van der Waals surface area contributed by atoms with Crippen LogP contribution in [0.15, 0.2) is 84.9 Å². The van der Waals surface area contributed by atoms with E-state index in [1.807, 2.05) is 11.3 Å². The second-order valence-corrected chi connectivity index (χ2v) is 7.38. The normalized spacial score (nSPS) is 10.8. The Labute approximate surface area is 153 Å². The average molecular weight is 340 g/mol. The maximum Gasteiger partial charge on any atom is 0.0430 e. The number of hydrogen-bond acceptors (Lipinski definition) is 1. The molecule has 1 heteroatoms. The molecule has 0 amide bonds. The molecule has 0 saturated heterocycles. The van der Waals surface area contributed by atoms with Gasteiger partial charge in [-0.05, 0) is 36.1 Å². The molecule has 0 nitrogen and oxygen atoms in total. The molecule has 0 N–H and O–H groups in total. The SMILES string of the molecule is Cc1ccc(-c2sc(-c3ccccc3)c(-c3ccccc3)c2C)cc1. The Morgan fingerprint density at radius 3 is 1.64 bits per heavy atom. The fourth-order valence-corrected chi connectivity index (χ4v) is 4.58. The minimum atomic E-state index is 1.29. The van der Waals surface area contributed by atoms with Gasteiger partial charge < -0.3 is 0 Å². The third kappa shape index (κ3) is 3.04. The van der Waals surface area contributed by atoms with Crippen LogP contribution in [0, 0.1) is 13.8 Å². The van der Waals surface area contributed by atoms with Gasteiger partial charge in [0, 0.05) is 15.3 Å². The van der Waals surface area contributed by atoms with Gasteiger partial charge in [-0.2, -0.15) is 0 Å². The van der Waals surface area contributed by atoms with Crippen molar-refractivity contribution in [2.45, 2.75) is 13.8 Å². The van der Waals surface area contributed by atoms with Gasteiger partial charge in [0.25, 0.3) is 0 Å². The number of benzene rings is 3. The Bertz CT molecular complexity index is 978. The van der Waals surface area contributed by atoms with Crippen molar-refractivity contribution in [1.29, 1.82) is 0 Å². The van der Waals surface area contributed by atoms with E-state index in [1.165, 1.54) is 43.1 Å². The maximum atomic E-state index is 2.25. The molecule has 4 rings (SSSR count). The first kappa shape index (κ1) is 15.9. The van der Waals surface area contributed by atoms with E-state index in [0.29, 0.717) is 0 Å². The van der Waals surface area contributed by atoms with Gasteiger partial charge in [0.15, 0.2) is 0 Å². The summed E-state index contributed by atoms with van der Waals surface area (Å²) in [4.78, 5) is 2.71. The fraction of sp³-hybridized carbons (Fsp3) is 0.0833. The van der Waals surface area contributed by atoms with Crippen molar-refractivity contribution in [3.05, 3.63) is 96.1 Å². The molecule has 0 atom stereocenters. The highest BCUT2D eigenvalue weighted by Crippen LogP contribution is 2.46. The summed E-state index contributed by atoms with van der Waals surface area (Å²) >= 11 is 1.89. The quantitative estimate of drug-likeness (QED) is 0.365. The van der Waals surface area contributed by atoms with Crippen molar-refractivity contribution in [3.63, 3.8) is 0 Å². The molecule has 25 heavy (non-hydrogen) atoms. The summed E-state index contributed by atoms with van der Waals surface area (Å²) in [6, 6.07) is 30.3. The Kier molecular flexibility index (Phi) is 4.25. The molecular formula is C24H20S. The van der Waals surface area contributed by atoms with Crippen LogP contribution in [0.1, 0.15) is 11.1 Å². The van der Waals surface area contributed by atoms with E-state index in [-0.39, 0.29) is 0 Å². The summed E-state index contributed by atoms with van der Waals surface area (Å²) in [5.74, 6) is 0. The third-order valence-corrected chi connectivity index (χ3v) is 5.95. The molecular weight excluding hydrogens is 320 g/mol. The van der Waals surface area contributed by atoms with Crippen LogP contribution in [0.3, 0.4) is 0 Å². The second-order valence-electron chi connectivity index (χ2n) is 6.36. The number of hydrogen-bond donors (Lipinski definition) is 0. The maximum absolute atomic E-state index is 2.25. The smallest absolute Gasteiger partial charge is 0.0430 e. The minimum Gasteiger partial charge on any atom is -0.134 e. The van der Waals surface area contributed by atoms with Crippen LogP contribution in [-0.2, 0) is 0 Å². The van der Waals surface area contributed by atoms with Gasteiger partial charge in [0.1, 0.15) is 0 Å². The van der Waals surface area contributed by atoms with Gasteiger partial charge in [-0.3, -0.25) is 0 Å². The Hall–Kier alpha value is -2.64. The van der Waals surface area contributed by atoms with Crippen LogP contribution in [0.25, 0.3) is 32.0 Å². The standard InChI is InChI=1S/C24H20S/c1-17-13-15-21(16-14-17)23-18(2)22(19-9-5-3-6-10-19)24(25-23)20-11-7-4-8-12-20/h3-16H,1-2H3. The first-order valence-corrected chi connectivity index (χ1v) is 9.37. The Morgan fingerprint density at radius 2 is 1.04 bits per heavy atom. The lowest BCUT2D eigenvalue weighted by atomic mass is 9.96. The topological polar surface area (TPSA) is 0 Å². The number of aryl methyl sites for hydroxylation is 1. The van der Waals surface area contributed by atoms with Crippen molar-refractivity contribution in [2.24, 2.45) is 0 Å². The predicted octanol–water partition coefficient (Wildman–Crippen LogP) is 7.37. The van der Waals surface area contributed by atoms with Crippen LogP contribution >= 0.6 is 11.3 Å². The lowest BCUT2D eigenvalue weighted by Crippen LogP contribution is -1.83. The summed E-state index contributed by atoms with van der Waals surface area (Å²) in [6.07, 6.45) is 0. The molecule has 0 fully saturated rings. The molecule has 122 valence electrons. The zero-order valence-electron chi connectivity index (χ0n) is 14.5. The number of rotatable bonds is 3. The first-order chi connectivity index (χ1) is 12.2. The van der Waals surface area contributed by atoms with Crippen molar-refractivity contribution in [3.8, 4) is 32.0 Å². The zero-order valence-corrected chi connectivity index (χ0v) is 15.3. The molecule has 0 unspecified atom stereocenters. The lowest BCUT2D eigenvalue weighted by molar-refractivity contribution is 1.46. The van der Waals surface area contributed by atoms with Gasteiger partial charge in [0.2, 0.25) is 0 Å². The third-order valence-electron chi connectivity index (χ3n) is 4.56. The van der Waals surface area contributed by atoms with Crippen molar-refractivity contribution >= 4 is 11.3 Å². The molecule has 1 heterocycles. The molecule has 0 aliphatic rings. The van der Waals surface area contributed by atoms with E-state index in [4.69, 9.17) is 0 Å². The van der Waals surface area contributed by atoms with Crippen LogP contribution < -0.4 is 0 Å². The van der Waals surface area contributed by atoms with Crippen LogP contribution in [0.2, 0.25) is 0 Å². The Balaban J connectivity index is 1.97. The van der Waals surface area contributed by atoms with Crippen LogP contribution in [-0.4, -0.2) is 0 Å². The van der Waals surface area contributed by atoms with E-state index >= 15 is 0 Å². The molecule has 4 aromatic rings. The molecule has 0 spiro atoms. The first-order valence-electron chi connectivity index (χ1n) is 8.55. The van der Waals surface area contributed by atoms with E-state index in [0.717, 1.165) is 0 Å². The van der Waals surface area contributed by atoms with Crippen LogP contribution in [0.5, 0.6) is 0 Å². The Morgan fingerprint density at radius 1 is 0.520 bits per heavy atom. The molecule has 0 bridgehead atoms. The van der Waals surface area contributed by atoms with Crippen molar-refractivity contribution < 1.29 is 0 Å². The summed E-state index contributed by atoms with van der Waals surface area (Å²) in [6.45, 7) is 4.39. The van der Waals surface area contributed by atoms with E-state index in [2.05, 4.69) is 98.8 Å². The molecule has 0 aliphatic heterocycles. The summed E-state index contributed by atoms with van der Waals surface area (Å²) in [5, 5.41) is 0. The van der Waals surface area contributed by atoms with E-state index in [9.17, 15) is 0 Å². The highest BCUT2D eigenvalue weighted by molar-refractivity contribution is 7.19. The molecule has 1 aromatic heterocycles. The van der Waals surface area contributed by atoms with Crippen LogP contribution in [0.4, 0.5) is 0 Å². The molecule has 3 aromatic carbocycles. The largest absolute Gasteiger partial charge is 0.134 e. The minimum absolute atomic E-state index is 1.29. The van der Waals surface area contributed by atoms with Gasteiger partial charge in [0.05, 0.1) is 0 Å². The monoisotopic (exact) mass is 340 g/mol. The number of thiophene rings is 1. The van der Waals surface area contributed by atoms with E-state index < -0.39 is 0 Å². The highest BCUT2D eigenvalue weighted by atomic mass is 32.1. The van der Waals surface area contributed by atoms with Gasteiger partial charge in [-0.1, -0.05) is 90.5 Å².